The summed E-state index contributed by atoms with van der Waals surface area (Å²) >= 11 is 1.31. The Morgan fingerprint density at radius 3 is 2.28 bits per heavy atom. The summed E-state index contributed by atoms with van der Waals surface area (Å²) in [5, 5.41) is 11.1. The number of hydrogen-bond acceptors (Lipinski definition) is 3. The van der Waals surface area contributed by atoms with Crippen molar-refractivity contribution in [3.8, 4) is 10.6 Å². The highest BCUT2D eigenvalue weighted by Gasteiger charge is 2.30. The Hall–Kier alpha value is -2.18. The molecule has 0 aliphatic carbocycles. The molecule has 0 aliphatic rings. The van der Waals surface area contributed by atoms with Crippen LogP contribution in [0.15, 0.2) is 54.6 Å². The molecule has 0 fully saturated rings. The van der Waals surface area contributed by atoms with Gasteiger partial charge in [0.2, 0.25) is 0 Å². The van der Waals surface area contributed by atoms with Crippen molar-refractivity contribution >= 4 is 11.3 Å². The standard InChI is InChI=1S/C19H16F3NOS/c1-12-17(16(24)11-13-5-3-2-4-6-13)25-18(23-12)14-7-9-15(10-8-14)19(20,21)22/h2-10,16,24H,11H2,1H3. The fraction of sp³-hybridized carbons (Fsp3) is 0.211. The van der Waals surface area contributed by atoms with Gasteiger partial charge in [0.25, 0.3) is 0 Å². The van der Waals surface area contributed by atoms with Gasteiger partial charge >= 0.3 is 6.18 Å². The fourth-order valence-electron chi connectivity index (χ4n) is 2.57. The number of benzene rings is 2. The molecule has 3 aromatic rings. The summed E-state index contributed by atoms with van der Waals surface area (Å²) in [5.41, 5.74) is 1.63. The third-order valence-electron chi connectivity index (χ3n) is 3.87. The van der Waals surface area contributed by atoms with Gasteiger partial charge in [-0.1, -0.05) is 42.5 Å². The average Bonchev–Trinajstić information content (AvgIpc) is 2.97. The maximum atomic E-state index is 12.7. The van der Waals surface area contributed by atoms with Crippen molar-refractivity contribution in [1.82, 2.24) is 4.98 Å². The number of aryl methyl sites for hydroxylation is 1. The normalized spacial score (nSPS) is 13.0. The molecule has 25 heavy (non-hydrogen) atoms. The number of nitrogens with zero attached hydrogens (tertiary/aromatic N) is 1. The number of aromatic nitrogens is 1. The van der Waals surface area contributed by atoms with Crippen molar-refractivity contribution in [3.63, 3.8) is 0 Å². The Labute approximate surface area is 147 Å². The third-order valence-corrected chi connectivity index (χ3v) is 5.17. The van der Waals surface area contributed by atoms with Gasteiger partial charge in [-0.05, 0) is 24.6 Å². The van der Waals surface area contributed by atoms with Gasteiger partial charge in [-0.25, -0.2) is 4.98 Å². The summed E-state index contributed by atoms with van der Waals surface area (Å²) in [4.78, 5) is 5.15. The lowest BCUT2D eigenvalue weighted by molar-refractivity contribution is -0.137. The van der Waals surface area contributed by atoms with Crippen LogP contribution < -0.4 is 0 Å². The number of aliphatic hydroxyl groups is 1. The molecule has 1 heterocycles. The molecule has 0 aliphatic heterocycles. The van der Waals surface area contributed by atoms with Crippen molar-refractivity contribution in [2.75, 3.05) is 0 Å². The molecule has 0 radical (unpaired) electrons. The highest BCUT2D eigenvalue weighted by Crippen LogP contribution is 2.35. The number of hydrogen-bond donors (Lipinski definition) is 1. The average molecular weight is 363 g/mol. The van der Waals surface area contributed by atoms with Gasteiger partial charge in [0.05, 0.1) is 22.2 Å². The zero-order valence-corrected chi connectivity index (χ0v) is 14.2. The number of halogens is 3. The molecular formula is C19H16F3NOS. The molecular weight excluding hydrogens is 347 g/mol. The second kappa shape index (κ2) is 6.98. The molecule has 0 saturated carbocycles. The van der Waals surface area contributed by atoms with E-state index in [1.165, 1.54) is 23.5 Å². The van der Waals surface area contributed by atoms with Gasteiger partial charge in [0.1, 0.15) is 5.01 Å². The van der Waals surface area contributed by atoms with E-state index in [0.717, 1.165) is 22.6 Å². The van der Waals surface area contributed by atoms with Crippen molar-refractivity contribution < 1.29 is 18.3 Å². The summed E-state index contributed by atoms with van der Waals surface area (Å²) in [6.45, 7) is 1.80. The van der Waals surface area contributed by atoms with Crippen LogP contribution in [-0.2, 0) is 12.6 Å². The van der Waals surface area contributed by atoms with Gasteiger partial charge in [-0.15, -0.1) is 11.3 Å². The predicted molar refractivity (Wildman–Crippen MR) is 92.4 cm³/mol. The van der Waals surface area contributed by atoms with E-state index in [4.69, 9.17) is 0 Å². The Balaban J connectivity index is 1.82. The molecule has 1 N–H and O–H groups in total. The van der Waals surface area contributed by atoms with E-state index in [1.54, 1.807) is 6.92 Å². The van der Waals surface area contributed by atoms with E-state index >= 15 is 0 Å². The van der Waals surface area contributed by atoms with Crippen molar-refractivity contribution in [2.45, 2.75) is 25.6 Å². The molecule has 3 rings (SSSR count). The van der Waals surface area contributed by atoms with Gasteiger partial charge in [-0.3, -0.25) is 0 Å². The second-order valence-corrected chi connectivity index (χ2v) is 6.78. The predicted octanol–water partition coefficient (Wildman–Crippen LogP) is 5.41. The number of rotatable bonds is 4. The van der Waals surface area contributed by atoms with Gasteiger partial charge in [0.15, 0.2) is 0 Å². The zero-order valence-electron chi connectivity index (χ0n) is 13.4. The molecule has 1 unspecified atom stereocenters. The van der Waals surface area contributed by atoms with Crippen LogP contribution in [0, 0.1) is 6.92 Å². The molecule has 2 aromatic carbocycles. The highest BCUT2D eigenvalue weighted by molar-refractivity contribution is 7.15. The lowest BCUT2D eigenvalue weighted by atomic mass is 10.1. The minimum Gasteiger partial charge on any atom is -0.387 e. The monoisotopic (exact) mass is 363 g/mol. The van der Waals surface area contributed by atoms with Crippen molar-refractivity contribution in [2.24, 2.45) is 0 Å². The molecule has 0 spiro atoms. The molecule has 0 saturated heterocycles. The molecule has 2 nitrogen and oxygen atoms in total. The van der Waals surface area contributed by atoms with E-state index in [-0.39, 0.29) is 0 Å². The molecule has 6 heteroatoms. The SMILES string of the molecule is Cc1nc(-c2ccc(C(F)(F)F)cc2)sc1C(O)Cc1ccccc1. The van der Waals surface area contributed by atoms with E-state index < -0.39 is 17.8 Å². The molecule has 0 amide bonds. The largest absolute Gasteiger partial charge is 0.416 e. The first-order valence-electron chi connectivity index (χ1n) is 7.71. The quantitative estimate of drug-likeness (QED) is 0.672. The van der Waals surface area contributed by atoms with E-state index in [9.17, 15) is 18.3 Å². The Kier molecular flexibility index (Phi) is 4.92. The molecule has 1 aromatic heterocycles. The number of alkyl halides is 3. The highest BCUT2D eigenvalue weighted by atomic mass is 32.1. The lowest BCUT2D eigenvalue weighted by Crippen LogP contribution is -2.03. The number of thiazole rings is 1. The van der Waals surface area contributed by atoms with Crippen LogP contribution in [0.1, 0.15) is 27.8 Å². The summed E-state index contributed by atoms with van der Waals surface area (Å²) in [7, 11) is 0. The minimum absolute atomic E-state index is 0.469. The molecule has 130 valence electrons. The Bertz CT molecular complexity index is 841. The maximum Gasteiger partial charge on any atom is 0.416 e. The summed E-state index contributed by atoms with van der Waals surface area (Å²) < 4.78 is 38.0. The van der Waals surface area contributed by atoms with E-state index in [2.05, 4.69) is 4.98 Å². The molecule has 1 atom stereocenters. The Morgan fingerprint density at radius 1 is 1.04 bits per heavy atom. The first kappa shape index (κ1) is 17.6. The third kappa shape index (κ3) is 4.08. The minimum atomic E-state index is -4.35. The van der Waals surface area contributed by atoms with Crippen LogP contribution in [0.25, 0.3) is 10.6 Å². The van der Waals surface area contributed by atoms with Gasteiger partial charge < -0.3 is 5.11 Å². The van der Waals surface area contributed by atoms with Crippen LogP contribution >= 0.6 is 11.3 Å². The van der Waals surface area contributed by atoms with Gasteiger partial charge in [-0.2, -0.15) is 13.2 Å². The van der Waals surface area contributed by atoms with Crippen molar-refractivity contribution in [3.05, 3.63) is 76.3 Å². The molecule has 0 bridgehead atoms. The van der Waals surface area contributed by atoms with Crippen LogP contribution in [0.4, 0.5) is 13.2 Å². The van der Waals surface area contributed by atoms with Crippen LogP contribution in [0.3, 0.4) is 0 Å². The Morgan fingerprint density at radius 2 is 1.68 bits per heavy atom. The van der Waals surface area contributed by atoms with Gasteiger partial charge in [0, 0.05) is 12.0 Å². The first-order valence-corrected chi connectivity index (χ1v) is 8.53. The topological polar surface area (TPSA) is 33.1 Å². The second-order valence-electron chi connectivity index (χ2n) is 5.75. The van der Waals surface area contributed by atoms with Crippen LogP contribution in [0.5, 0.6) is 0 Å². The maximum absolute atomic E-state index is 12.7. The van der Waals surface area contributed by atoms with E-state index in [1.807, 2.05) is 30.3 Å². The zero-order chi connectivity index (χ0) is 18.0. The first-order chi connectivity index (χ1) is 11.8. The fourth-order valence-corrected chi connectivity index (χ4v) is 3.63. The summed E-state index contributed by atoms with van der Waals surface area (Å²) in [5.74, 6) is 0. The van der Waals surface area contributed by atoms with Crippen LogP contribution in [-0.4, -0.2) is 10.1 Å². The smallest absolute Gasteiger partial charge is 0.387 e. The lowest BCUT2D eigenvalue weighted by Gasteiger charge is -2.09. The summed E-state index contributed by atoms with van der Waals surface area (Å²) in [6, 6.07) is 14.5. The van der Waals surface area contributed by atoms with Crippen LogP contribution in [0.2, 0.25) is 0 Å². The van der Waals surface area contributed by atoms with Crippen molar-refractivity contribution in [1.29, 1.82) is 0 Å². The summed E-state index contributed by atoms with van der Waals surface area (Å²) in [6.07, 6.45) is -4.58. The number of aliphatic hydroxyl groups excluding tert-OH is 1. The van der Waals surface area contributed by atoms with E-state index in [0.29, 0.717) is 22.7 Å².